The van der Waals surface area contributed by atoms with Crippen LogP contribution in [0.3, 0.4) is 0 Å². The summed E-state index contributed by atoms with van der Waals surface area (Å²) in [5, 5.41) is 19.8. The predicted molar refractivity (Wildman–Crippen MR) is 213 cm³/mol. The van der Waals surface area contributed by atoms with Crippen LogP contribution < -0.4 is 9.47 Å². The van der Waals surface area contributed by atoms with Crippen molar-refractivity contribution in [2.75, 3.05) is 46.5 Å². The molecule has 3 aromatic rings. The molecule has 0 spiro atoms. The summed E-state index contributed by atoms with van der Waals surface area (Å²) in [5.74, 6) is 0.612. The number of nitrogens with zero attached hydrogens (tertiary/aromatic N) is 4. The molecule has 0 amide bonds. The Morgan fingerprint density at radius 3 is 2.65 bits per heavy atom. The molecule has 0 bridgehead atoms. The van der Waals surface area contributed by atoms with Gasteiger partial charge >= 0.3 is 5.97 Å². The van der Waals surface area contributed by atoms with E-state index >= 15 is 0 Å². The second-order valence-corrected chi connectivity index (χ2v) is 16.1. The number of aliphatic hydroxyl groups is 1. The molecule has 292 valence electrons. The highest BCUT2D eigenvalue weighted by Crippen LogP contribution is 2.48. The van der Waals surface area contributed by atoms with E-state index in [9.17, 15) is 15.2 Å². The second-order valence-electron chi connectivity index (χ2n) is 14.9. The van der Waals surface area contributed by atoms with Gasteiger partial charge in [0.1, 0.15) is 46.8 Å². The number of β-amino-alcohol motifs (C(OH)–C–C–N with tert-alkyl or cyclic N) is 1. The first-order valence-corrected chi connectivity index (χ1v) is 19.7. The number of benzene rings is 2. The van der Waals surface area contributed by atoms with Crippen molar-refractivity contribution in [1.82, 2.24) is 14.8 Å². The summed E-state index contributed by atoms with van der Waals surface area (Å²) < 4.78 is 25.1. The van der Waals surface area contributed by atoms with Crippen LogP contribution in [-0.4, -0.2) is 94.5 Å². The highest BCUT2D eigenvalue weighted by atomic mass is 35.5. The van der Waals surface area contributed by atoms with Crippen LogP contribution in [0, 0.1) is 11.3 Å². The largest absolute Gasteiger partial charge is 0.488 e. The highest BCUT2D eigenvalue weighted by Gasteiger charge is 2.51. The molecule has 4 atom stereocenters. The monoisotopic (exact) mass is 788 g/mol. The molecule has 3 unspecified atom stereocenters. The molecule has 2 aromatic carbocycles. The first-order valence-electron chi connectivity index (χ1n) is 18.9. The van der Waals surface area contributed by atoms with Crippen LogP contribution in [-0.2, 0) is 27.4 Å². The molecule has 0 radical (unpaired) electrons. The molecule has 0 saturated carbocycles. The fourth-order valence-corrected chi connectivity index (χ4v) is 8.38. The number of alkyl halides is 1. The average molecular weight is 790 g/mol. The van der Waals surface area contributed by atoms with E-state index in [0.29, 0.717) is 54.7 Å². The van der Waals surface area contributed by atoms with E-state index in [-0.39, 0.29) is 25.3 Å². The summed E-state index contributed by atoms with van der Waals surface area (Å²) in [4.78, 5) is 20.6. The molecule has 2 saturated heterocycles. The number of rotatable bonds is 15. The van der Waals surface area contributed by atoms with Gasteiger partial charge in [-0.2, -0.15) is 5.26 Å². The Hall–Kier alpha value is -3.95. The number of methoxy groups -OCH3 is 1. The SMILES string of the molecule is COC(=O)C1(C)CCCCN1Cc1cc(Cl)c(OCC2(OCCCN3CC[C@@H](O)C3)C=CC=C(c3ccccc3)C2(C)Cl)cc1OCc1cncc(C#N)c1. The Morgan fingerprint density at radius 2 is 1.91 bits per heavy atom. The third-order valence-electron chi connectivity index (χ3n) is 11.1. The van der Waals surface area contributed by atoms with Crippen LogP contribution in [0.5, 0.6) is 11.5 Å². The van der Waals surface area contributed by atoms with E-state index in [1.807, 2.05) is 68.5 Å². The van der Waals surface area contributed by atoms with Crippen LogP contribution in [0.2, 0.25) is 5.02 Å². The number of allylic oxidation sites excluding steroid dienone is 2. The number of ether oxygens (including phenoxy) is 4. The third kappa shape index (κ3) is 9.20. The molecule has 3 aliphatic rings. The number of nitriles is 1. The van der Waals surface area contributed by atoms with Gasteiger partial charge in [-0.3, -0.25) is 14.7 Å². The highest BCUT2D eigenvalue weighted by molar-refractivity contribution is 6.32. The van der Waals surface area contributed by atoms with Gasteiger partial charge in [0.15, 0.2) is 0 Å². The van der Waals surface area contributed by atoms with E-state index < -0.39 is 16.0 Å². The normalized spacial score (nSPS) is 25.6. The Morgan fingerprint density at radius 1 is 1.09 bits per heavy atom. The van der Waals surface area contributed by atoms with Crippen LogP contribution in [0.15, 0.2) is 79.2 Å². The topological polar surface area (TPSA) is 117 Å². The van der Waals surface area contributed by atoms with Gasteiger partial charge < -0.3 is 29.0 Å². The van der Waals surface area contributed by atoms with Crippen LogP contribution in [0.25, 0.3) is 5.57 Å². The molecule has 1 aromatic heterocycles. The molecule has 2 fully saturated rings. The number of hydrogen-bond donors (Lipinski definition) is 1. The van der Waals surface area contributed by atoms with E-state index in [1.54, 1.807) is 18.3 Å². The lowest BCUT2D eigenvalue weighted by atomic mass is 9.76. The van der Waals surface area contributed by atoms with Crippen molar-refractivity contribution in [3.05, 3.63) is 106 Å². The number of hydrogen-bond acceptors (Lipinski definition) is 10. The number of carbonyl (C=O) groups excluding carboxylic acids is 1. The average Bonchev–Trinajstić information content (AvgIpc) is 3.61. The zero-order valence-electron chi connectivity index (χ0n) is 31.8. The van der Waals surface area contributed by atoms with Gasteiger partial charge in [-0.15, -0.1) is 11.6 Å². The predicted octanol–water partition coefficient (Wildman–Crippen LogP) is 7.35. The minimum absolute atomic E-state index is 0.0370. The molecule has 12 heteroatoms. The summed E-state index contributed by atoms with van der Waals surface area (Å²) in [7, 11) is 1.42. The Balaban J connectivity index is 1.29. The number of piperidine rings is 1. The van der Waals surface area contributed by atoms with Crippen molar-refractivity contribution in [2.24, 2.45) is 0 Å². The van der Waals surface area contributed by atoms with Gasteiger partial charge in [-0.05, 0) is 81.8 Å². The van der Waals surface area contributed by atoms with E-state index in [4.69, 9.17) is 42.1 Å². The Kier molecular flexibility index (Phi) is 13.2. The third-order valence-corrected chi connectivity index (χ3v) is 12.0. The number of likely N-dealkylation sites (tertiary alicyclic amines) is 2. The minimum Gasteiger partial charge on any atom is -0.488 e. The van der Waals surface area contributed by atoms with Gasteiger partial charge in [0.2, 0.25) is 0 Å². The maximum atomic E-state index is 13.1. The Bertz CT molecular complexity index is 1920. The molecule has 2 aliphatic heterocycles. The summed E-state index contributed by atoms with van der Waals surface area (Å²) in [6.07, 6.45) is 12.9. The van der Waals surface area contributed by atoms with Crippen LogP contribution in [0.4, 0.5) is 0 Å². The van der Waals surface area contributed by atoms with E-state index in [0.717, 1.165) is 61.0 Å². The van der Waals surface area contributed by atoms with Gasteiger partial charge in [0, 0.05) is 62.4 Å². The van der Waals surface area contributed by atoms with Crippen molar-refractivity contribution in [2.45, 2.75) is 81.2 Å². The summed E-state index contributed by atoms with van der Waals surface area (Å²) in [6.45, 7) is 7.87. The lowest BCUT2D eigenvalue weighted by Gasteiger charge is -2.45. The number of esters is 1. The zero-order chi connectivity index (χ0) is 39.1. The number of halogens is 2. The molecular formula is C43H50Cl2N4O6. The van der Waals surface area contributed by atoms with Crippen molar-refractivity contribution in [1.29, 1.82) is 5.26 Å². The maximum absolute atomic E-state index is 13.1. The molecular weight excluding hydrogens is 739 g/mol. The number of pyridine rings is 1. The zero-order valence-corrected chi connectivity index (χ0v) is 33.3. The van der Waals surface area contributed by atoms with Crippen LogP contribution >= 0.6 is 23.2 Å². The quantitative estimate of drug-likeness (QED) is 0.0953. The van der Waals surface area contributed by atoms with Crippen molar-refractivity contribution >= 4 is 34.7 Å². The maximum Gasteiger partial charge on any atom is 0.325 e. The van der Waals surface area contributed by atoms with E-state index in [2.05, 4.69) is 20.9 Å². The fourth-order valence-electron chi connectivity index (χ4n) is 7.80. The molecule has 10 nitrogen and oxygen atoms in total. The first-order chi connectivity index (χ1) is 26.5. The second kappa shape index (κ2) is 17.9. The smallest absolute Gasteiger partial charge is 0.325 e. The van der Waals surface area contributed by atoms with Crippen molar-refractivity contribution < 1.29 is 28.8 Å². The Labute approximate surface area is 334 Å². The molecule has 55 heavy (non-hydrogen) atoms. The van der Waals surface area contributed by atoms with Gasteiger partial charge in [-0.25, -0.2) is 0 Å². The molecule has 3 heterocycles. The molecule has 6 rings (SSSR count). The molecule has 1 aliphatic carbocycles. The van der Waals surface area contributed by atoms with Crippen molar-refractivity contribution in [3.63, 3.8) is 0 Å². The van der Waals surface area contributed by atoms with Crippen LogP contribution in [0.1, 0.15) is 68.2 Å². The lowest BCUT2D eigenvalue weighted by molar-refractivity contribution is -0.157. The van der Waals surface area contributed by atoms with Crippen molar-refractivity contribution in [3.8, 4) is 17.6 Å². The number of carbonyl (C=O) groups is 1. The summed E-state index contributed by atoms with van der Waals surface area (Å²) >= 11 is 14.6. The standard InChI is InChI=1S/C43H50Cl2N4O6/c1-41(40(51)52-3)15-7-8-18-49(41)27-34-22-37(44)39(23-38(34)53-29-32-21-31(24-46)25-47-26-32)54-30-43(55-20-10-17-48-19-14-35(50)28-48)16-9-13-36(42(43,2)45)33-11-5-4-6-12-33/h4-6,9,11-13,16,21-23,25-26,35,50H,7-8,10,14-15,17-20,27-30H2,1-3H3/t35-,41?,42?,43?/m1/s1. The number of aromatic nitrogens is 1. The summed E-state index contributed by atoms with van der Waals surface area (Å²) in [5.41, 5.74) is 1.90. The minimum atomic E-state index is -1.10. The fraction of sp³-hybridized carbons (Fsp3) is 0.465. The summed E-state index contributed by atoms with van der Waals surface area (Å²) in [6, 6.07) is 17.5. The molecule has 1 N–H and O–H groups in total. The van der Waals surface area contributed by atoms with Gasteiger partial charge in [0.05, 0.1) is 23.8 Å². The van der Waals surface area contributed by atoms with E-state index in [1.165, 1.54) is 13.3 Å². The number of aliphatic hydroxyl groups excluding tert-OH is 1. The first kappa shape index (κ1) is 40.7. The van der Waals surface area contributed by atoms with Gasteiger partial charge in [0.25, 0.3) is 0 Å². The lowest BCUT2D eigenvalue weighted by Crippen LogP contribution is -2.55. The van der Waals surface area contributed by atoms with Gasteiger partial charge in [-0.1, -0.05) is 54.1 Å².